The van der Waals surface area contributed by atoms with Gasteiger partial charge < -0.3 is 10.5 Å². The third-order valence-electron chi connectivity index (χ3n) is 3.18. The van der Waals surface area contributed by atoms with Crippen LogP contribution in [0.1, 0.15) is 46.6 Å². The zero-order chi connectivity index (χ0) is 19.0. The van der Waals surface area contributed by atoms with Crippen molar-refractivity contribution < 1.29 is 13.5 Å². The van der Waals surface area contributed by atoms with Crippen LogP contribution in [0, 0.1) is 6.42 Å². The molecule has 3 nitrogen and oxygen atoms in total. The van der Waals surface area contributed by atoms with Crippen molar-refractivity contribution >= 4 is 17.0 Å². The van der Waals surface area contributed by atoms with Crippen LogP contribution < -0.4 is 5.73 Å². The highest BCUT2D eigenvalue weighted by Gasteiger charge is 2.15. The third kappa shape index (κ3) is 9.65. The summed E-state index contributed by atoms with van der Waals surface area (Å²) in [5.41, 5.74) is 10.0. The van der Waals surface area contributed by atoms with Gasteiger partial charge in [0.05, 0.1) is 11.8 Å². The Balaban J connectivity index is 0.000000450. The summed E-state index contributed by atoms with van der Waals surface area (Å²) in [4.78, 5) is 4.48. The summed E-state index contributed by atoms with van der Waals surface area (Å²) in [6, 6.07) is 8.14. The predicted octanol–water partition coefficient (Wildman–Crippen LogP) is 5.66. The number of hydrogen-bond donors (Lipinski definition) is 1. The SMILES string of the molecule is CC(/C=C(\N)OC(C)C)=Nc1ccc(C2=C[CH]2)cc1.CCC(C)(F)F. The van der Waals surface area contributed by atoms with E-state index in [2.05, 4.69) is 29.6 Å². The zero-order valence-electron chi connectivity index (χ0n) is 15.5. The van der Waals surface area contributed by atoms with E-state index in [0.29, 0.717) is 5.88 Å². The highest BCUT2D eigenvalue weighted by atomic mass is 19.3. The van der Waals surface area contributed by atoms with Crippen molar-refractivity contribution in [1.29, 1.82) is 0 Å². The molecular formula is C20H27F2N2O. The Hall–Kier alpha value is -2.17. The van der Waals surface area contributed by atoms with Crippen LogP contribution in [0.4, 0.5) is 14.5 Å². The lowest BCUT2D eigenvalue weighted by atomic mass is 10.1. The van der Waals surface area contributed by atoms with Gasteiger partial charge in [-0.25, -0.2) is 8.78 Å². The molecule has 0 saturated heterocycles. The average molecular weight is 349 g/mol. The molecule has 1 aliphatic rings. The summed E-state index contributed by atoms with van der Waals surface area (Å²) in [5, 5.41) is 0. The average Bonchev–Trinajstić information content (AvgIpc) is 3.31. The molecule has 1 aromatic rings. The molecule has 25 heavy (non-hydrogen) atoms. The van der Waals surface area contributed by atoms with Crippen LogP contribution in [0.15, 0.2) is 47.3 Å². The number of nitrogens with zero attached hydrogens (tertiary/aromatic N) is 1. The highest BCUT2D eigenvalue weighted by molar-refractivity contribution is 5.95. The first-order chi connectivity index (χ1) is 11.6. The molecule has 0 aliphatic heterocycles. The van der Waals surface area contributed by atoms with Gasteiger partial charge in [-0.05, 0) is 51.0 Å². The van der Waals surface area contributed by atoms with Crippen molar-refractivity contribution in [3.63, 3.8) is 0 Å². The fourth-order valence-corrected chi connectivity index (χ4v) is 1.71. The predicted molar refractivity (Wildman–Crippen MR) is 101 cm³/mol. The van der Waals surface area contributed by atoms with Crippen LogP contribution in [0.25, 0.3) is 5.57 Å². The van der Waals surface area contributed by atoms with Crippen molar-refractivity contribution in [3.05, 3.63) is 54.3 Å². The molecule has 2 N–H and O–H groups in total. The van der Waals surface area contributed by atoms with Crippen molar-refractivity contribution in [3.8, 4) is 0 Å². The first-order valence-electron chi connectivity index (χ1n) is 8.33. The van der Waals surface area contributed by atoms with Gasteiger partial charge in [0.25, 0.3) is 0 Å². The molecule has 137 valence electrons. The quantitative estimate of drug-likeness (QED) is 0.532. The number of alkyl halides is 2. The van der Waals surface area contributed by atoms with E-state index in [4.69, 9.17) is 10.5 Å². The van der Waals surface area contributed by atoms with Crippen LogP contribution in [0.2, 0.25) is 0 Å². The number of nitrogens with two attached hydrogens (primary N) is 1. The first-order valence-corrected chi connectivity index (χ1v) is 8.33. The minimum atomic E-state index is -2.46. The van der Waals surface area contributed by atoms with E-state index < -0.39 is 5.92 Å². The number of halogens is 2. The fourth-order valence-electron chi connectivity index (χ4n) is 1.71. The normalized spacial score (nSPS) is 14.6. The Morgan fingerprint density at radius 1 is 1.28 bits per heavy atom. The van der Waals surface area contributed by atoms with Crippen molar-refractivity contribution in [1.82, 2.24) is 0 Å². The summed E-state index contributed by atoms with van der Waals surface area (Å²) < 4.78 is 28.3. The molecule has 0 atom stereocenters. The maximum atomic E-state index is 11.5. The highest BCUT2D eigenvalue weighted by Crippen LogP contribution is 2.30. The van der Waals surface area contributed by atoms with E-state index in [9.17, 15) is 8.78 Å². The van der Waals surface area contributed by atoms with E-state index in [0.717, 1.165) is 18.3 Å². The number of benzene rings is 1. The Kier molecular flexibility index (Phi) is 7.81. The molecule has 2 rings (SSSR count). The monoisotopic (exact) mass is 349 g/mol. The van der Waals surface area contributed by atoms with Gasteiger partial charge in [-0.15, -0.1) is 0 Å². The lowest BCUT2D eigenvalue weighted by Gasteiger charge is -2.08. The summed E-state index contributed by atoms with van der Waals surface area (Å²) in [6.07, 6.45) is 5.94. The molecule has 0 saturated carbocycles. The second kappa shape index (κ2) is 9.35. The number of ether oxygens (including phenoxy) is 1. The van der Waals surface area contributed by atoms with Crippen LogP contribution >= 0.6 is 0 Å². The summed E-state index contributed by atoms with van der Waals surface area (Å²) in [7, 11) is 0. The molecule has 0 spiro atoms. The summed E-state index contributed by atoms with van der Waals surface area (Å²) >= 11 is 0. The summed E-state index contributed by atoms with van der Waals surface area (Å²) in [5.74, 6) is -2.06. The number of allylic oxidation sites excluding steroid dienone is 3. The smallest absolute Gasteiger partial charge is 0.245 e. The molecule has 1 aromatic carbocycles. The van der Waals surface area contributed by atoms with E-state index in [1.54, 1.807) is 6.08 Å². The number of rotatable bonds is 6. The van der Waals surface area contributed by atoms with Gasteiger partial charge in [0, 0.05) is 24.6 Å². The maximum Gasteiger partial charge on any atom is 0.245 e. The Bertz CT molecular complexity index is 639. The van der Waals surface area contributed by atoms with Crippen LogP contribution in [0.5, 0.6) is 0 Å². The first kappa shape index (κ1) is 20.9. The minimum Gasteiger partial charge on any atom is -0.477 e. The zero-order valence-corrected chi connectivity index (χ0v) is 15.5. The lowest BCUT2D eigenvalue weighted by molar-refractivity contribution is 0.0181. The Labute approximate surface area is 149 Å². The fraction of sp³-hybridized carbons (Fsp3) is 0.400. The van der Waals surface area contributed by atoms with Gasteiger partial charge >= 0.3 is 0 Å². The van der Waals surface area contributed by atoms with Gasteiger partial charge in [-0.1, -0.05) is 25.1 Å². The molecular weight excluding hydrogens is 322 g/mol. The number of hydrogen-bond acceptors (Lipinski definition) is 3. The van der Waals surface area contributed by atoms with Crippen LogP contribution in [-0.2, 0) is 4.74 Å². The minimum absolute atomic E-state index is 0.0625. The van der Waals surface area contributed by atoms with E-state index in [-0.39, 0.29) is 12.5 Å². The molecule has 0 heterocycles. The largest absolute Gasteiger partial charge is 0.477 e. The van der Waals surface area contributed by atoms with Crippen LogP contribution in [-0.4, -0.2) is 17.7 Å². The number of aliphatic imine (C=N–C) groups is 1. The van der Waals surface area contributed by atoms with Gasteiger partial charge in [-0.3, -0.25) is 4.99 Å². The van der Waals surface area contributed by atoms with Crippen molar-refractivity contribution in [2.45, 2.75) is 53.1 Å². The Morgan fingerprint density at radius 2 is 1.80 bits per heavy atom. The van der Waals surface area contributed by atoms with E-state index in [1.165, 1.54) is 18.1 Å². The molecule has 5 heteroatoms. The third-order valence-corrected chi connectivity index (χ3v) is 3.18. The standard InChI is InChI=1S/C16H19N2O.C4H8F2/c1-11(2)19-16(17)10-12(3)18-15-8-6-14(7-9-15)13-4-5-13;1-3-4(2,5)6/h4-11H,17H2,1-3H3;3H2,1-2H3/b16-10+,18-12?;. The molecule has 0 amide bonds. The lowest BCUT2D eigenvalue weighted by Crippen LogP contribution is -2.10. The van der Waals surface area contributed by atoms with E-state index in [1.807, 2.05) is 32.9 Å². The Morgan fingerprint density at radius 3 is 2.20 bits per heavy atom. The molecule has 0 unspecified atom stereocenters. The molecule has 1 aliphatic carbocycles. The van der Waals surface area contributed by atoms with Crippen molar-refractivity contribution in [2.24, 2.45) is 10.7 Å². The van der Waals surface area contributed by atoms with Crippen molar-refractivity contribution in [2.75, 3.05) is 0 Å². The second-order valence-electron chi connectivity index (χ2n) is 6.23. The molecule has 0 aromatic heterocycles. The van der Waals surface area contributed by atoms with Gasteiger partial charge in [-0.2, -0.15) is 0 Å². The maximum absolute atomic E-state index is 11.5. The molecule has 0 fully saturated rings. The van der Waals surface area contributed by atoms with Gasteiger partial charge in [0.2, 0.25) is 5.92 Å². The topological polar surface area (TPSA) is 47.6 Å². The van der Waals surface area contributed by atoms with Gasteiger partial charge in [0.1, 0.15) is 0 Å². The summed E-state index contributed by atoms with van der Waals surface area (Å²) in [6.45, 7) is 8.15. The second-order valence-corrected chi connectivity index (χ2v) is 6.23. The van der Waals surface area contributed by atoms with E-state index >= 15 is 0 Å². The molecule has 1 radical (unpaired) electrons. The van der Waals surface area contributed by atoms with Gasteiger partial charge in [0.15, 0.2) is 5.88 Å². The molecule has 0 bridgehead atoms. The van der Waals surface area contributed by atoms with Crippen LogP contribution in [0.3, 0.4) is 0 Å².